The lowest BCUT2D eigenvalue weighted by molar-refractivity contribution is 0.102. The number of nitrogens with zero attached hydrogens (tertiary/aromatic N) is 3. The molecule has 2 heterocycles. The second-order valence-corrected chi connectivity index (χ2v) is 8.09. The van der Waals surface area contributed by atoms with Crippen LogP contribution < -0.4 is 10.1 Å². The SMILES string of the molecule is Cc1cccc(C)c1OCc1csc(C(=O)Nc2ncn(Cc3ccc(F)cc3)n2)c1. The number of carbonyl (C=O) groups excluding carboxylic acids is 1. The number of halogens is 1. The Morgan fingerprint density at radius 3 is 2.61 bits per heavy atom. The third-order valence-electron chi connectivity index (χ3n) is 4.69. The number of thiophene rings is 1. The van der Waals surface area contributed by atoms with Crippen molar-refractivity contribution in [3.05, 3.63) is 93.2 Å². The third kappa shape index (κ3) is 5.16. The van der Waals surface area contributed by atoms with E-state index >= 15 is 0 Å². The number of aryl methyl sites for hydroxylation is 2. The van der Waals surface area contributed by atoms with Crippen LogP contribution in [-0.2, 0) is 13.2 Å². The van der Waals surface area contributed by atoms with Gasteiger partial charge in [0.15, 0.2) is 0 Å². The second kappa shape index (κ2) is 9.09. The van der Waals surface area contributed by atoms with Gasteiger partial charge in [0.25, 0.3) is 5.91 Å². The number of anilines is 1. The summed E-state index contributed by atoms with van der Waals surface area (Å²) in [6, 6.07) is 14.0. The van der Waals surface area contributed by atoms with Crippen LogP contribution in [0, 0.1) is 19.7 Å². The molecule has 0 fully saturated rings. The number of para-hydroxylation sites is 1. The molecule has 0 unspecified atom stereocenters. The molecule has 2 aromatic heterocycles. The van der Waals surface area contributed by atoms with Crippen LogP contribution in [0.15, 0.2) is 60.2 Å². The quantitative estimate of drug-likeness (QED) is 0.444. The van der Waals surface area contributed by atoms with Gasteiger partial charge in [0, 0.05) is 5.56 Å². The first-order chi connectivity index (χ1) is 15.0. The minimum absolute atomic E-state index is 0.217. The number of rotatable bonds is 7. The Morgan fingerprint density at radius 1 is 1.13 bits per heavy atom. The van der Waals surface area contributed by atoms with Crippen molar-refractivity contribution < 1.29 is 13.9 Å². The first-order valence-electron chi connectivity index (χ1n) is 9.69. The summed E-state index contributed by atoms with van der Waals surface area (Å²) in [6.07, 6.45) is 1.52. The molecule has 0 saturated carbocycles. The summed E-state index contributed by atoms with van der Waals surface area (Å²) in [5.74, 6) is 0.525. The van der Waals surface area contributed by atoms with E-state index in [1.165, 1.54) is 29.8 Å². The standard InChI is InChI=1S/C23H21FN4O2S/c1-15-4-3-5-16(2)21(15)30-12-18-10-20(31-13-18)22(29)26-23-25-14-28(27-23)11-17-6-8-19(24)9-7-17/h3-10,13-14H,11-12H2,1-2H3,(H,26,27,29). The molecular weight excluding hydrogens is 415 g/mol. The van der Waals surface area contributed by atoms with Crippen molar-refractivity contribution in [3.8, 4) is 5.75 Å². The van der Waals surface area contributed by atoms with E-state index in [2.05, 4.69) is 15.4 Å². The van der Waals surface area contributed by atoms with Crippen molar-refractivity contribution in [2.24, 2.45) is 0 Å². The number of benzene rings is 2. The van der Waals surface area contributed by atoms with Crippen LogP contribution in [0.5, 0.6) is 5.75 Å². The normalized spacial score (nSPS) is 10.8. The number of carbonyl (C=O) groups is 1. The van der Waals surface area contributed by atoms with Crippen LogP contribution >= 0.6 is 11.3 Å². The van der Waals surface area contributed by atoms with Gasteiger partial charge in [-0.15, -0.1) is 16.4 Å². The number of amides is 1. The molecule has 0 aliphatic rings. The van der Waals surface area contributed by atoms with Gasteiger partial charge in [0.1, 0.15) is 24.5 Å². The number of hydrogen-bond donors (Lipinski definition) is 1. The predicted octanol–water partition coefficient (Wildman–Crippen LogP) is 4.98. The van der Waals surface area contributed by atoms with Gasteiger partial charge in [-0.25, -0.2) is 14.1 Å². The molecule has 0 aliphatic heterocycles. The molecule has 0 bridgehead atoms. The Bertz CT molecular complexity index is 1180. The molecule has 4 aromatic rings. The molecule has 31 heavy (non-hydrogen) atoms. The lowest BCUT2D eigenvalue weighted by Gasteiger charge is -2.10. The minimum Gasteiger partial charge on any atom is -0.488 e. The number of nitrogens with one attached hydrogen (secondary N) is 1. The highest BCUT2D eigenvalue weighted by Crippen LogP contribution is 2.24. The summed E-state index contributed by atoms with van der Waals surface area (Å²) in [5, 5.41) is 8.87. The molecule has 1 N–H and O–H groups in total. The molecule has 4 rings (SSSR count). The summed E-state index contributed by atoms with van der Waals surface area (Å²) in [4.78, 5) is 17.2. The fraction of sp³-hybridized carbons (Fsp3) is 0.174. The van der Waals surface area contributed by atoms with E-state index in [0.717, 1.165) is 28.0 Å². The predicted molar refractivity (Wildman–Crippen MR) is 118 cm³/mol. The average molecular weight is 437 g/mol. The third-order valence-corrected chi connectivity index (χ3v) is 5.67. The summed E-state index contributed by atoms with van der Waals surface area (Å²) < 4.78 is 20.6. The summed E-state index contributed by atoms with van der Waals surface area (Å²) in [6.45, 7) is 4.84. The van der Waals surface area contributed by atoms with Crippen molar-refractivity contribution in [2.75, 3.05) is 5.32 Å². The van der Waals surface area contributed by atoms with Crippen LogP contribution in [0.25, 0.3) is 0 Å². The number of ether oxygens (including phenoxy) is 1. The highest BCUT2D eigenvalue weighted by molar-refractivity contribution is 7.12. The minimum atomic E-state index is -0.287. The summed E-state index contributed by atoms with van der Waals surface area (Å²) in [7, 11) is 0. The Balaban J connectivity index is 1.35. The highest BCUT2D eigenvalue weighted by atomic mass is 32.1. The maximum atomic E-state index is 13.0. The maximum Gasteiger partial charge on any atom is 0.268 e. The zero-order valence-electron chi connectivity index (χ0n) is 17.1. The second-order valence-electron chi connectivity index (χ2n) is 7.18. The van der Waals surface area contributed by atoms with E-state index in [4.69, 9.17) is 4.74 Å². The zero-order valence-corrected chi connectivity index (χ0v) is 17.9. The molecule has 0 aliphatic carbocycles. The molecule has 0 radical (unpaired) electrons. The number of hydrogen-bond acceptors (Lipinski definition) is 5. The molecule has 158 valence electrons. The van der Waals surface area contributed by atoms with E-state index in [9.17, 15) is 9.18 Å². The Kier molecular flexibility index (Phi) is 6.08. The molecule has 0 atom stereocenters. The van der Waals surface area contributed by atoms with Gasteiger partial charge in [-0.3, -0.25) is 10.1 Å². The topological polar surface area (TPSA) is 69.0 Å². The monoisotopic (exact) mass is 436 g/mol. The van der Waals surface area contributed by atoms with Gasteiger partial charge < -0.3 is 4.74 Å². The van der Waals surface area contributed by atoms with Crippen LogP contribution in [0.4, 0.5) is 10.3 Å². The lowest BCUT2D eigenvalue weighted by Crippen LogP contribution is -2.12. The smallest absolute Gasteiger partial charge is 0.268 e. The Hall–Kier alpha value is -3.52. The fourth-order valence-electron chi connectivity index (χ4n) is 3.12. The molecule has 1 amide bonds. The van der Waals surface area contributed by atoms with Crippen molar-refractivity contribution in [2.45, 2.75) is 27.0 Å². The van der Waals surface area contributed by atoms with E-state index in [0.29, 0.717) is 18.0 Å². The molecule has 0 saturated heterocycles. The lowest BCUT2D eigenvalue weighted by atomic mass is 10.1. The van der Waals surface area contributed by atoms with Gasteiger partial charge in [-0.2, -0.15) is 0 Å². The van der Waals surface area contributed by atoms with Gasteiger partial charge in [-0.05, 0) is 54.1 Å². The average Bonchev–Trinajstić information content (AvgIpc) is 3.39. The van der Waals surface area contributed by atoms with E-state index < -0.39 is 0 Å². The van der Waals surface area contributed by atoms with Gasteiger partial charge in [0.2, 0.25) is 5.95 Å². The molecule has 0 spiro atoms. The molecule has 6 nitrogen and oxygen atoms in total. The van der Waals surface area contributed by atoms with Crippen LogP contribution in [0.1, 0.15) is 31.9 Å². The van der Waals surface area contributed by atoms with Crippen molar-refractivity contribution in [1.82, 2.24) is 14.8 Å². The van der Waals surface area contributed by atoms with Crippen molar-refractivity contribution >= 4 is 23.2 Å². The van der Waals surface area contributed by atoms with E-state index in [-0.39, 0.29) is 17.7 Å². The Labute approximate surface area is 183 Å². The van der Waals surface area contributed by atoms with Crippen molar-refractivity contribution in [1.29, 1.82) is 0 Å². The number of aromatic nitrogens is 3. The van der Waals surface area contributed by atoms with Crippen LogP contribution in [0.2, 0.25) is 0 Å². The first-order valence-corrected chi connectivity index (χ1v) is 10.6. The van der Waals surface area contributed by atoms with Crippen molar-refractivity contribution in [3.63, 3.8) is 0 Å². The Morgan fingerprint density at radius 2 is 1.87 bits per heavy atom. The zero-order chi connectivity index (χ0) is 21.8. The summed E-state index contributed by atoms with van der Waals surface area (Å²) >= 11 is 1.34. The van der Waals surface area contributed by atoms with Gasteiger partial charge in [-0.1, -0.05) is 30.3 Å². The fourth-order valence-corrected chi connectivity index (χ4v) is 3.91. The molecular formula is C23H21FN4O2S. The molecule has 2 aromatic carbocycles. The summed E-state index contributed by atoms with van der Waals surface area (Å²) in [5.41, 5.74) is 3.97. The van der Waals surface area contributed by atoms with E-state index in [1.807, 2.05) is 43.5 Å². The van der Waals surface area contributed by atoms with Crippen LogP contribution in [0.3, 0.4) is 0 Å². The van der Waals surface area contributed by atoms with Gasteiger partial charge in [0.05, 0.1) is 11.4 Å². The highest BCUT2D eigenvalue weighted by Gasteiger charge is 2.13. The largest absolute Gasteiger partial charge is 0.488 e. The first kappa shape index (κ1) is 20.7. The maximum absolute atomic E-state index is 13.0. The van der Waals surface area contributed by atoms with Crippen LogP contribution in [-0.4, -0.2) is 20.7 Å². The van der Waals surface area contributed by atoms with E-state index in [1.54, 1.807) is 16.8 Å². The molecule has 8 heteroatoms. The van der Waals surface area contributed by atoms with Gasteiger partial charge >= 0.3 is 0 Å².